The molecule has 1 fully saturated rings. The minimum absolute atomic E-state index is 0.0539. The Hall–Kier alpha value is -3.02. The summed E-state index contributed by atoms with van der Waals surface area (Å²) in [7, 11) is 0. The summed E-state index contributed by atoms with van der Waals surface area (Å²) in [6.45, 7) is 7.82. The van der Waals surface area contributed by atoms with E-state index < -0.39 is 17.1 Å². The Morgan fingerprint density at radius 2 is 1.84 bits per heavy atom. The van der Waals surface area contributed by atoms with Crippen LogP contribution in [0.4, 0.5) is 14.9 Å². The first-order valence-corrected chi connectivity index (χ1v) is 10.5. The third-order valence-electron chi connectivity index (χ3n) is 5.92. The predicted octanol–water partition coefficient (Wildman–Crippen LogP) is 5.04. The van der Waals surface area contributed by atoms with E-state index in [1.165, 1.54) is 12.1 Å². The first-order valence-electron chi connectivity index (χ1n) is 10.5. The molecule has 2 aliphatic rings. The minimum Gasteiger partial charge on any atom is -0.444 e. The van der Waals surface area contributed by atoms with Gasteiger partial charge in [-0.15, -0.1) is 0 Å². The molecule has 2 unspecified atom stereocenters. The second-order valence-corrected chi connectivity index (χ2v) is 9.42. The number of aliphatic imine (C=N–C) groups is 1. The fourth-order valence-electron chi connectivity index (χ4n) is 4.77. The lowest BCUT2D eigenvalue weighted by atomic mass is 9.67. The van der Waals surface area contributed by atoms with Gasteiger partial charge in [-0.2, -0.15) is 0 Å². The molecule has 2 aromatic carbocycles. The summed E-state index contributed by atoms with van der Waals surface area (Å²) < 4.78 is 19.3. The van der Waals surface area contributed by atoms with Gasteiger partial charge in [0.15, 0.2) is 0 Å². The van der Waals surface area contributed by atoms with Gasteiger partial charge in [0, 0.05) is 25.4 Å². The third kappa shape index (κ3) is 3.87. The number of rotatable bonds is 3. The molecule has 0 radical (unpaired) electrons. The molecular weight excluding hydrogens is 395 g/mol. The standard InChI is InChI=1S/C25H27FN2O3/c1-16(29)13-18-14-28(23(30)31-24(2,3)4)15-25(18)20-7-5-6-8-21(20)27-22(25)17-9-11-19(26)12-10-17/h5-12,18H,13-15H2,1-4H3. The van der Waals surface area contributed by atoms with Crippen LogP contribution < -0.4 is 0 Å². The van der Waals surface area contributed by atoms with Crippen molar-refractivity contribution in [3.8, 4) is 0 Å². The highest BCUT2D eigenvalue weighted by Crippen LogP contribution is 2.51. The van der Waals surface area contributed by atoms with E-state index in [1.54, 1.807) is 24.0 Å². The number of nitrogens with zero attached hydrogens (tertiary/aromatic N) is 2. The lowest BCUT2D eigenvalue weighted by Crippen LogP contribution is -2.43. The van der Waals surface area contributed by atoms with Crippen LogP contribution in [0.2, 0.25) is 0 Å². The minimum atomic E-state index is -0.656. The molecule has 2 aliphatic heterocycles. The summed E-state index contributed by atoms with van der Waals surface area (Å²) in [5.41, 5.74) is 2.10. The smallest absolute Gasteiger partial charge is 0.410 e. The van der Waals surface area contributed by atoms with Crippen molar-refractivity contribution >= 4 is 23.3 Å². The Morgan fingerprint density at radius 1 is 1.16 bits per heavy atom. The summed E-state index contributed by atoms with van der Waals surface area (Å²) in [5.74, 6) is -0.431. The molecule has 2 atom stereocenters. The van der Waals surface area contributed by atoms with Crippen molar-refractivity contribution < 1.29 is 18.7 Å². The third-order valence-corrected chi connectivity index (χ3v) is 5.92. The second-order valence-electron chi connectivity index (χ2n) is 9.42. The molecule has 2 aromatic rings. The Morgan fingerprint density at radius 3 is 2.48 bits per heavy atom. The average molecular weight is 423 g/mol. The van der Waals surface area contributed by atoms with E-state index in [0.717, 1.165) is 22.5 Å². The highest BCUT2D eigenvalue weighted by atomic mass is 19.1. The number of Topliss-reactive ketones (excluding diaryl/α,β-unsaturated/α-hetero) is 1. The van der Waals surface area contributed by atoms with Crippen LogP contribution in [0.5, 0.6) is 0 Å². The fourth-order valence-corrected chi connectivity index (χ4v) is 4.77. The molecule has 0 bridgehead atoms. The van der Waals surface area contributed by atoms with Crippen LogP contribution in [-0.2, 0) is 14.9 Å². The van der Waals surface area contributed by atoms with Gasteiger partial charge < -0.3 is 14.4 Å². The zero-order valence-corrected chi connectivity index (χ0v) is 18.3. The lowest BCUT2D eigenvalue weighted by Gasteiger charge is -2.33. The van der Waals surface area contributed by atoms with Crippen LogP contribution in [0.1, 0.15) is 45.2 Å². The Bertz CT molecular complexity index is 1060. The van der Waals surface area contributed by atoms with Gasteiger partial charge in [-0.3, -0.25) is 4.99 Å². The van der Waals surface area contributed by atoms with Gasteiger partial charge in [0.25, 0.3) is 0 Å². The van der Waals surface area contributed by atoms with E-state index in [1.807, 2.05) is 45.0 Å². The molecule has 1 amide bonds. The van der Waals surface area contributed by atoms with Crippen molar-refractivity contribution in [1.29, 1.82) is 0 Å². The summed E-state index contributed by atoms with van der Waals surface area (Å²) in [6, 6.07) is 14.1. The van der Waals surface area contributed by atoms with Gasteiger partial charge in [-0.25, -0.2) is 9.18 Å². The molecule has 0 saturated carbocycles. The van der Waals surface area contributed by atoms with Gasteiger partial charge in [0.05, 0.1) is 16.8 Å². The quantitative estimate of drug-likeness (QED) is 0.696. The average Bonchev–Trinajstić information content (AvgIpc) is 3.21. The van der Waals surface area contributed by atoms with E-state index in [2.05, 4.69) is 0 Å². The lowest BCUT2D eigenvalue weighted by molar-refractivity contribution is -0.118. The fraction of sp³-hybridized carbons (Fsp3) is 0.400. The Kier molecular flexibility index (Phi) is 5.20. The van der Waals surface area contributed by atoms with Crippen LogP contribution in [0.3, 0.4) is 0 Å². The van der Waals surface area contributed by atoms with Crippen molar-refractivity contribution in [2.75, 3.05) is 13.1 Å². The number of hydrogen-bond acceptors (Lipinski definition) is 4. The molecule has 0 N–H and O–H groups in total. The SMILES string of the molecule is CC(=O)CC1CN(C(=O)OC(C)(C)C)CC12C(c1ccc(F)cc1)=Nc1ccccc12. The van der Waals surface area contributed by atoms with Crippen molar-refractivity contribution in [1.82, 2.24) is 4.90 Å². The normalized spacial score (nSPS) is 22.4. The maximum Gasteiger partial charge on any atom is 0.410 e. The zero-order chi connectivity index (χ0) is 22.4. The van der Waals surface area contributed by atoms with Crippen molar-refractivity contribution in [2.24, 2.45) is 10.9 Å². The maximum absolute atomic E-state index is 13.6. The highest BCUT2D eigenvalue weighted by Gasteiger charge is 2.56. The van der Waals surface area contributed by atoms with Gasteiger partial charge in [0.2, 0.25) is 0 Å². The van der Waals surface area contributed by atoms with Crippen LogP contribution >= 0.6 is 0 Å². The molecule has 31 heavy (non-hydrogen) atoms. The second kappa shape index (κ2) is 7.59. The van der Waals surface area contributed by atoms with E-state index in [0.29, 0.717) is 19.5 Å². The number of para-hydroxylation sites is 1. The molecule has 162 valence electrons. The number of fused-ring (bicyclic) bond motifs is 2. The number of carbonyl (C=O) groups is 2. The first-order chi connectivity index (χ1) is 14.6. The summed E-state index contributed by atoms with van der Waals surface area (Å²) in [5, 5.41) is 0. The van der Waals surface area contributed by atoms with Gasteiger partial charge in [-0.1, -0.05) is 30.3 Å². The van der Waals surface area contributed by atoms with E-state index in [9.17, 15) is 14.0 Å². The van der Waals surface area contributed by atoms with Gasteiger partial charge >= 0.3 is 6.09 Å². The zero-order valence-electron chi connectivity index (χ0n) is 18.3. The number of carbonyl (C=O) groups excluding carboxylic acids is 2. The summed E-state index contributed by atoms with van der Waals surface area (Å²) in [4.78, 5) is 31.8. The molecule has 6 heteroatoms. The number of likely N-dealkylation sites (tertiary alicyclic amines) is 1. The summed E-state index contributed by atoms with van der Waals surface area (Å²) in [6.07, 6.45) is -0.0887. The van der Waals surface area contributed by atoms with Crippen molar-refractivity contribution in [3.63, 3.8) is 0 Å². The molecule has 2 heterocycles. The van der Waals surface area contributed by atoms with E-state index >= 15 is 0 Å². The highest BCUT2D eigenvalue weighted by molar-refractivity contribution is 6.14. The van der Waals surface area contributed by atoms with Gasteiger partial charge in [0.1, 0.15) is 17.2 Å². The molecular formula is C25H27FN2O3. The molecule has 1 saturated heterocycles. The van der Waals surface area contributed by atoms with Crippen LogP contribution in [0.25, 0.3) is 0 Å². The number of amides is 1. The number of halogens is 1. The monoisotopic (exact) mass is 422 g/mol. The molecule has 5 nitrogen and oxygen atoms in total. The molecule has 0 aromatic heterocycles. The molecule has 4 rings (SSSR count). The van der Waals surface area contributed by atoms with Gasteiger partial charge in [-0.05, 0) is 57.0 Å². The van der Waals surface area contributed by atoms with Crippen molar-refractivity contribution in [3.05, 3.63) is 65.5 Å². The number of ketones is 1. The van der Waals surface area contributed by atoms with Crippen molar-refractivity contribution in [2.45, 2.75) is 45.1 Å². The number of ether oxygens (including phenoxy) is 1. The predicted molar refractivity (Wildman–Crippen MR) is 117 cm³/mol. The van der Waals surface area contributed by atoms with E-state index in [-0.39, 0.29) is 17.5 Å². The largest absolute Gasteiger partial charge is 0.444 e. The maximum atomic E-state index is 13.6. The molecule has 0 aliphatic carbocycles. The molecule has 1 spiro atoms. The summed E-state index contributed by atoms with van der Waals surface area (Å²) >= 11 is 0. The number of hydrogen-bond donors (Lipinski definition) is 0. The first kappa shape index (κ1) is 21.2. The Labute approximate surface area is 181 Å². The Balaban J connectivity index is 1.83. The topological polar surface area (TPSA) is 59.0 Å². The van der Waals surface area contributed by atoms with Crippen LogP contribution in [0, 0.1) is 11.7 Å². The van der Waals surface area contributed by atoms with Crippen LogP contribution in [0.15, 0.2) is 53.5 Å². The number of benzene rings is 2. The van der Waals surface area contributed by atoms with E-state index in [4.69, 9.17) is 9.73 Å². The van der Waals surface area contributed by atoms with Crippen LogP contribution in [-0.4, -0.2) is 41.2 Å².